The summed E-state index contributed by atoms with van der Waals surface area (Å²) in [6, 6.07) is 2.04. The molecule has 4 unspecified atom stereocenters. The van der Waals surface area contributed by atoms with Gasteiger partial charge in [-0.15, -0.1) is 5.10 Å². The third kappa shape index (κ3) is 6.69. The zero-order chi connectivity index (χ0) is 43.4. The van der Waals surface area contributed by atoms with E-state index in [-0.39, 0.29) is 46.0 Å². The van der Waals surface area contributed by atoms with Crippen LogP contribution in [0.15, 0.2) is 38.5 Å². The lowest BCUT2D eigenvalue weighted by atomic mass is 9.93. The van der Waals surface area contributed by atoms with Gasteiger partial charge in [-0.3, -0.25) is 14.9 Å². The van der Waals surface area contributed by atoms with Crippen molar-refractivity contribution in [3.05, 3.63) is 56.6 Å². The van der Waals surface area contributed by atoms with E-state index in [1.807, 2.05) is 14.0 Å². The summed E-state index contributed by atoms with van der Waals surface area (Å²) >= 11 is 0. The molecule has 16 nitrogen and oxygen atoms in total. The number of benzene rings is 2. The number of fused-ring (bicyclic) bond motifs is 4. The Labute approximate surface area is 361 Å². The van der Waals surface area contributed by atoms with E-state index < -0.39 is 28.5 Å². The van der Waals surface area contributed by atoms with Crippen LogP contribution in [0.5, 0.6) is 11.5 Å². The highest BCUT2D eigenvalue weighted by Crippen LogP contribution is 2.48. The smallest absolute Gasteiger partial charge is 0.327 e. The molecule has 18 heteroatoms. The number of hydrogen-bond donors (Lipinski definition) is 2. The Balaban J connectivity index is 0.882. The van der Waals surface area contributed by atoms with Crippen molar-refractivity contribution in [2.24, 2.45) is 11.8 Å². The molecule has 3 aromatic heterocycles. The summed E-state index contributed by atoms with van der Waals surface area (Å²) in [6.45, 7) is 4.75. The summed E-state index contributed by atoms with van der Waals surface area (Å²) in [7, 11) is 7.24. The minimum atomic E-state index is -0.863. The summed E-state index contributed by atoms with van der Waals surface area (Å²) in [5.41, 5.74) is 0.554. The summed E-state index contributed by atoms with van der Waals surface area (Å²) in [5.74, 6) is 0.172. The second-order valence-corrected chi connectivity index (χ2v) is 18.5. The molecule has 4 saturated heterocycles. The van der Waals surface area contributed by atoms with Gasteiger partial charge in [-0.05, 0) is 103 Å². The van der Waals surface area contributed by atoms with Gasteiger partial charge in [-0.2, -0.15) is 0 Å². The summed E-state index contributed by atoms with van der Waals surface area (Å²) in [4.78, 5) is 50.6. The van der Waals surface area contributed by atoms with Crippen LogP contribution in [-0.2, 0) is 0 Å². The Morgan fingerprint density at radius 3 is 1.75 bits per heavy atom. The predicted octanol–water partition coefficient (Wildman–Crippen LogP) is 6.04. The lowest BCUT2D eigenvalue weighted by Crippen LogP contribution is -2.42. The average Bonchev–Trinajstić information content (AvgIpc) is 4.16. The van der Waals surface area contributed by atoms with Gasteiger partial charge in [0.2, 0.25) is 10.9 Å². The van der Waals surface area contributed by atoms with Gasteiger partial charge >= 0.3 is 12.0 Å². The lowest BCUT2D eigenvalue weighted by Gasteiger charge is -2.33. The van der Waals surface area contributed by atoms with Gasteiger partial charge in [0.1, 0.15) is 22.6 Å². The third-order valence-electron chi connectivity index (χ3n) is 14.6. The minimum Gasteiger partial charge on any atom is -0.492 e. The minimum absolute atomic E-state index is 0.0305. The van der Waals surface area contributed by atoms with Gasteiger partial charge in [-0.1, -0.05) is 5.10 Å². The lowest BCUT2D eigenvalue weighted by molar-refractivity contribution is 0.158. The number of urea groups is 1. The second kappa shape index (κ2) is 15.2. The van der Waals surface area contributed by atoms with E-state index in [1.54, 1.807) is 12.4 Å². The number of methoxy groups -OCH3 is 2. The molecule has 0 radical (unpaired) electrons. The molecule has 332 valence electrons. The second-order valence-electron chi connectivity index (χ2n) is 18.5. The number of carbonyl (C=O) groups excluding carboxylic acids is 1. The van der Waals surface area contributed by atoms with Crippen molar-refractivity contribution in [2.75, 3.05) is 88.0 Å². The molecule has 4 aliphatic heterocycles. The molecule has 6 fully saturated rings. The summed E-state index contributed by atoms with van der Waals surface area (Å²) < 4.78 is 54.2. The fourth-order valence-corrected chi connectivity index (χ4v) is 11.2. The molecule has 11 rings (SSSR count). The number of likely N-dealkylation sites (N-methyl/N-ethyl adjacent to an activating group) is 2. The number of aromatic nitrogens is 4. The van der Waals surface area contributed by atoms with E-state index in [1.165, 1.54) is 26.4 Å². The normalized spacial score (nSPS) is 24.0. The number of carbonyl (C=O) groups is 1. The molecule has 6 aliphatic rings. The van der Waals surface area contributed by atoms with Crippen molar-refractivity contribution in [2.45, 2.75) is 75.5 Å². The van der Waals surface area contributed by atoms with E-state index in [0.29, 0.717) is 84.0 Å². The largest absolute Gasteiger partial charge is 0.492 e. The first-order chi connectivity index (χ1) is 30.5. The number of amides is 2. The number of halogens is 2. The van der Waals surface area contributed by atoms with Gasteiger partial charge in [0.25, 0.3) is 5.89 Å². The molecule has 7 heterocycles. The first-order valence-corrected chi connectivity index (χ1v) is 22.2. The molecule has 2 aromatic carbocycles. The number of nitrogens with one attached hydrogen (secondary N) is 2. The number of anilines is 4. The Kier molecular flexibility index (Phi) is 9.67. The number of likely N-dealkylation sites (tertiary alicyclic amines) is 2. The van der Waals surface area contributed by atoms with Crippen LogP contribution < -0.4 is 40.8 Å². The highest BCUT2D eigenvalue weighted by atomic mass is 19.1. The van der Waals surface area contributed by atoms with E-state index in [2.05, 4.69) is 49.6 Å². The van der Waals surface area contributed by atoms with Crippen molar-refractivity contribution >= 4 is 50.9 Å². The number of ether oxygens (including phenoxy) is 2. The first-order valence-electron chi connectivity index (χ1n) is 22.2. The zero-order valence-electron chi connectivity index (χ0n) is 36.0. The van der Waals surface area contributed by atoms with E-state index >= 15 is 8.78 Å². The van der Waals surface area contributed by atoms with Crippen molar-refractivity contribution in [1.82, 2.24) is 29.1 Å². The van der Waals surface area contributed by atoms with Gasteiger partial charge < -0.3 is 47.9 Å². The Hall–Kier alpha value is -5.75. The van der Waals surface area contributed by atoms with Crippen LogP contribution in [0.1, 0.15) is 63.5 Å². The highest BCUT2D eigenvalue weighted by Gasteiger charge is 2.42. The topological polar surface area (TPSA) is 155 Å². The molecular weight excluding hydrogens is 815 g/mol. The SMILES string of the molecule is COc1c(N2CC3CCCN(C)C3C2)c(F)cc2c(=O)c(NC(=O)Nc3nnc(-c4cn(C5CC5)c5c(OC)c(N6CC7CCCN(C)C7C6)c(F)cc5c4=O)o3)cn(C3CC3)c12. The fourth-order valence-electron chi connectivity index (χ4n) is 11.2. The van der Waals surface area contributed by atoms with Crippen LogP contribution in [0.4, 0.5) is 36.7 Å². The zero-order valence-corrected chi connectivity index (χ0v) is 36.0. The molecule has 4 atom stereocenters. The van der Waals surface area contributed by atoms with Crippen LogP contribution in [0.2, 0.25) is 0 Å². The molecule has 0 bridgehead atoms. The Bertz CT molecular complexity index is 2800. The summed E-state index contributed by atoms with van der Waals surface area (Å²) in [5, 5.41) is 13.4. The van der Waals surface area contributed by atoms with Crippen LogP contribution >= 0.6 is 0 Å². The first kappa shape index (κ1) is 40.1. The van der Waals surface area contributed by atoms with Gasteiger partial charge in [0, 0.05) is 62.7 Å². The number of pyridine rings is 2. The van der Waals surface area contributed by atoms with E-state index in [0.717, 1.165) is 64.5 Å². The standard InChI is InChI=1S/C45H52F2N10O6/c1-52-13-5-7-23-17-54(21-33(23)52)37-30(46)15-27-35(41(37)61-3)56(25-9-10-25)19-29(39(27)58)43-50-51-45(63-43)49-44(60)48-32-20-57(26-11-12-26)36-28(40(32)59)16-31(47)38(42(36)62-4)55-18-24-8-6-14-53(2)34(24)22-55/h15-16,19-20,23-26,33-34H,5-14,17-18,21-22H2,1-4H3,(H2,48,49,51,60). The maximum Gasteiger partial charge on any atom is 0.327 e. The van der Waals surface area contributed by atoms with Crippen LogP contribution in [0, 0.1) is 23.5 Å². The maximum absolute atomic E-state index is 16.3. The van der Waals surface area contributed by atoms with Gasteiger partial charge in [0.05, 0.1) is 36.0 Å². The maximum atomic E-state index is 16.3. The van der Waals surface area contributed by atoms with Crippen molar-refractivity contribution in [1.29, 1.82) is 0 Å². The number of rotatable bonds is 9. The van der Waals surface area contributed by atoms with Crippen molar-refractivity contribution < 1.29 is 27.5 Å². The summed E-state index contributed by atoms with van der Waals surface area (Å²) in [6.07, 6.45) is 11.0. The van der Waals surface area contributed by atoms with Crippen molar-refractivity contribution in [3.63, 3.8) is 0 Å². The Morgan fingerprint density at radius 2 is 1.24 bits per heavy atom. The highest BCUT2D eigenvalue weighted by molar-refractivity contribution is 6.01. The Morgan fingerprint density at radius 1 is 0.714 bits per heavy atom. The molecule has 2 N–H and O–H groups in total. The molecule has 2 aliphatic carbocycles. The van der Waals surface area contributed by atoms with E-state index in [4.69, 9.17) is 13.9 Å². The fraction of sp³-hybridized carbons (Fsp3) is 0.533. The number of nitrogens with zero attached hydrogens (tertiary/aromatic N) is 8. The molecule has 2 saturated carbocycles. The average molecular weight is 867 g/mol. The van der Waals surface area contributed by atoms with E-state index in [9.17, 15) is 14.4 Å². The third-order valence-corrected chi connectivity index (χ3v) is 14.6. The van der Waals surface area contributed by atoms with Crippen LogP contribution in [0.3, 0.4) is 0 Å². The van der Waals surface area contributed by atoms with Crippen LogP contribution in [0.25, 0.3) is 33.3 Å². The van der Waals surface area contributed by atoms with Crippen LogP contribution in [-0.4, -0.2) is 115 Å². The number of hydrogen-bond acceptors (Lipinski definition) is 12. The predicted molar refractivity (Wildman–Crippen MR) is 235 cm³/mol. The van der Waals surface area contributed by atoms with Gasteiger partial charge in [-0.25, -0.2) is 13.6 Å². The van der Waals surface area contributed by atoms with Gasteiger partial charge in [0.15, 0.2) is 23.1 Å². The molecule has 2 amide bonds. The monoisotopic (exact) mass is 866 g/mol. The number of piperidine rings is 2. The molecule has 0 spiro atoms. The molecule has 5 aromatic rings. The quantitative estimate of drug-likeness (QED) is 0.178. The molecule has 63 heavy (non-hydrogen) atoms. The molecular formula is C45H52F2N10O6. The van der Waals surface area contributed by atoms with Crippen molar-refractivity contribution in [3.8, 4) is 23.0 Å².